The lowest BCUT2D eigenvalue weighted by Gasteiger charge is -2.13. The Labute approximate surface area is 144 Å². The number of aromatic nitrogens is 3. The predicted molar refractivity (Wildman–Crippen MR) is 88.6 cm³/mol. The van der Waals surface area contributed by atoms with E-state index in [1.165, 1.54) is 11.8 Å². The van der Waals surface area contributed by atoms with Crippen molar-refractivity contribution in [2.45, 2.75) is 49.5 Å². The zero-order chi connectivity index (χ0) is 16.4. The van der Waals surface area contributed by atoms with Gasteiger partial charge in [-0.15, -0.1) is 10.2 Å². The van der Waals surface area contributed by atoms with Gasteiger partial charge < -0.3 is 14.5 Å². The van der Waals surface area contributed by atoms with Gasteiger partial charge >= 0.3 is 0 Å². The SMILES string of the molecule is O=C(CSc1nnc(-c2ccco2)n1CC1CCCO1)NC1CC1. The summed E-state index contributed by atoms with van der Waals surface area (Å²) in [4.78, 5) is 11.9. The molecule has 1 saturated heterocycles. The average Bonchev–Trinajstić information content (AvgIpc) is 3.04. The summed E-state index contributed by atoms with van der Waals surface area (Å²) >= 11 is 1.41. The highest BCUT2D eigenvalue weighted by molar-refractivity contribution is 7.99. The molecule has 0 spiro atoms. The number of carbonyl (C=O) groups excluding carboxylic acids is 1. The van der Waals surface area contributed by atoms with Crippen molar-refractivity contribution >= 4 is 17.7 Å². The minimum absolute atomic E-state index is 0.0497. The second kappa shape index (κ2) is 6.98. The molecule has 1 unspecified atom stereocenters. The first-order chi connectivity index (χ1) is 11.8. The summed E-state index contributed by atoms with van der Waals surface area (Å²) in [6, 6.07) is 4.07. The second-order valence-electron chi connectivity index (χ2n) is 6.16. The van der Waals surface area contributed by atoms with Gasteiger partial charge in [0.1, 0.15) is 0 Å². The molecule has 2 aromatic rings. The standard InChI is InChI=1S/C16H20N4O3S/c21-14(17-11-5-6-11)10-24-16-19-18-15(13-4-2-8-23-13)20(16)9-12-3-1-7-22-12/h2,4,8,11-12H,1,3,5-7,9-10H2,(H,17,21). The minimum Gasteiger partial charge on any atom is -0.461 e. The fraction of sp³-hybridized carbons (Fsp3) is 0.562. The number of thioether (sulfide) groups is 1. The quantitative estimate of drug-likeness (QED) is 0.772. The van der Waals surface area contributed by atoms with Gasteiger partial charge in [0.15, 0.2) is 10.9 Å². The number of rotatable bonds is 7. The maximum absolute atomic E-state index is 11.9. The van der Waals surface area contributed by atoms with Crippen LogP contribution < -0.4 is 5.32 Å². The highest BCUT2D eigenvalue weighted by Crippen LogP contribution is 2.27. The largest absolute Gasteiger partial charge is 0.461 e. The van der Waals surface area contributed by atoms with Crippen LogP contribution in [0.2, 0.25) is 0 Å². The molecule has 0 radical (unpaired) electrons. The summed E-state index contributed by atoms with van der Waals surface area (Å²) < 4.78 is 13.2. The van der Waals surface area contributed by atoms with Crippen LogP contribution in [0, 0.1) is 0 Å². The number of ether oxygens (including phenoxy) is 1. The van der Waals surface area contributed by atoms with E-state index >= 15 is 0 Å². The second-order valence-corrected chi connectivity index (χ2v) is 7.10. The Morgan fingerprint density at radius 2 is 2.29 bits per heavy atom. The molecule has 8 heteroatoms. The third-order valence-electron chi connectivity index (χ3n) is 4.14. The van der Waals surface area contributed by atoms with Crippen LogP contribution in [0.4, 0.5) is 0 Å². The smallest absolute Gasteiger partial charge is 0.230 e. The fourth-order valence-corrected chi connectivity index (χ4v) is 3.53. The van der Waals surface area contributed by atoms with Crippen molar-refractivity contribution in [2.75, 3.05) is 12.4 Å². The molecule has 2 fully saturated rings. The van der Waals surface area contributed by atoms with Crippen molar-refractivity contribution in [2.24, 2.45) is 0 Å². The Bertz CT molecular complexity index is 690. The number of hydrogen-bond acceptors (Lipinski definition) is 6. The van der Waals surface area contributed by atoms with Crippen molar-refractivity contribution < 1.29 is 13.9 Å². The van der Waals surface area contributed by atoms with Crippen molar-refractivity contribution in [3.63, 3.8) is 0 Å². The van der Waals surface area contributed by atoms with E-state index in [2.05, 4.69) is 15.5 Å². The summed E-state index contributed by atoms with van der Waals surface area (Å²) in [6.45, 7) is 1.48. The van der Waals surface area contributed by atoms with Crippen LogP contribution in [0.25, 0.3) is 11.6 Å². The van der Waals surface area contributed by atoms with Crippen molar-refractivity contribution in [1.82, 2.24) is 20.1 Å². The summed E-state index contributed by atoms with van der Waals surface area (Å²) in [5.74, 6) is 1.75. The summed E-state index contributed by atoms with van der Waals surface area (Å²) in [6.07, 6.45) is 6.07. The zero-order valence-electron chi connectivity index (χ0n) is 13.3. The van der Waals surface area contributed by atoms with Gasteiger partial charge in [-0.2, -0.15) is 0 Å². The van der Waals surface area contributed by atoms with Crippen LogP contribution in [0.5, 0.6) is 0 Å². The molecular formula is C16H20N4O3S. The van der Waals surface area contributed by atoms with Gasteiger partial charge in [0.25, 0.3) is 0 Å². The highest BCUT2D eigenvalue weighted by Gasteiger charge is 2.25. The van der Waals surface area contributed by atoms with Gasteiger partial charge in [-0.05, 0) is 37.8 Å². The number of nitrogens with one attached hydrogen (secondary N) is 1. The molecular weight excluding hydrogens is 328 g/mol. The van der Waals surface area contributed by atoms with Gasteiger partial charge in [0.05, 0.1) is 24.7 Å². The molecule has 1 atom stereocenters. The lowest BCUT2D eigenvalue weighted by Crippen LogP contribution is -2.27. The van der Waals surface area contributed by atoms with E-state index < -0.39 is 0 Å². The predicted octanol–water partition coefficient (Wildman–Crippen LogP) is 2.09. The van der Waals surface area contributed by atoms with E-state index in [-0.39, 0.29) is 12.0 Å². The molecule has 24 heavy (non-hydrogen) atoms. The van der Waals surface area contributed by atoms with E-state index in [1.807, 2.05) is 16.7 Å². The van der Waals surface area contributed by atoms with Crippen LogP contribution in [-0.4, -0.2) is 45.2 Å². The summed E-state index contributed by atoms with van der Waals surface area (Å²) in [5.41, 5.74) is 0. The van der Waals surface area contributed by atoms with Crippen molar-refractivity contribution in [3.05, 3.63) is 18.4 Å². The summed E-state index contributed by atoms with van der Waals surface area (Å²) in [7, 11) is 0. The molecule has 1 aliphatic heterocycles. The molecule has 0 aromatic carbocycles. The Kier molecular flexibility index (Phi) is 4.57. The fourth-order valence-electron chi connectivity index (χ4n) is 2.77. The molecule has 4 rings (SSSR count). The van der Waals surface area contributed by atoms with Crippen LogP contribution in [0.15, 0.2) is 28.0 Å². The molecule has 1 amide bonds. The zero-order valence-corrected chi connectivity index (χ0v) is 14.1. The third-order valence-corrected chi connectivity index (χ3v) is 5.11. The van der Waals surface area contributed by atoms with Gasteiger partial charge in [-0.25, -0.2) is 0 Å². The molecule has 1 saturated carbocycles. The Balaban J connectivity index is 1.49. The number of furan rings is 1. The Morgan fingerprint density at radius 1 is 1.38 bits per heavy atom. The minimum atomic E-state index is 0.0497. The topological polar surface area (TPSA) is 82.2 Å². The monoisotopic (exact) mass is 348 g/mol. The third kappa shape index (κ3) is 3.64. The van der Waals surface area contributed by atoms with Gasteiger partial charge in [0.2, 0.25) is 11.7 Å². The number of amides is 1. The first-order valence-electron chi connectivity index (χ1n) is 8.30. The number of carbonyl (C=O) groups is 1. The van der Waals surface area contributed by atoms with Crippen LogP contribution in [0.3, 0.4) is 0 Å². The normalized spacial score (nSPS) is 20.4. The lowest BCUT2D eigenvalue weighted by atomic mass is 10.2. The molecule has 1 N–H and O–H groups in total. The Hall–Kier alpha value is -1.80. The molecule has 2 aliphatic rings. The molecule has 7 nitrogen and oxygen atoms in total. The average molecular weight is 348 g/mol. The Morgan fingerprint density at radius 3 is 3.00 bits per heavy atom. The van der Waals surface area contributed by atoms with Gasteiger partial charge in [-0.1, -0.05) is 11.8 Å². The van der Waals surface area contributed by atoms with Crippen LogP contribution >= 0.6 is 11.8 Å². The van der Waals surface area contributed by atoms with Crippen molar-refractivity contribution in [3.8, 4) is 11.6 Å². The molecule has 1 aliphatic carbocycles. The maximum Gasteiger partial charge on any atom is 0.230 e. The van der Waals surface area contributed by atoms with E-state index in [0.717, 1.165) is 37.4 Å². The highest BCUT2D eigenvalue weighted by atomic mass is 32.2. The van der Waals surface area contributed by atoms with Crippen LogP contribution in [0.1, 0.15) is 25.7 Å². The van der Waals surface area contributed by atoms with E-state index in [4.69, 9.17) is 9.15 Å². The van der Waals surface area contributed by atoms with E-state index in [1.54, 1.807) is 6.26 Å². The molecule has 3 heterocycles. The van der Waals surface area contributed by atoms with Crippen LogP contribution in [-0.2, 0) is 16.1 Å². The number of hydrogen-bond donors (Lipinski definition) is 1. The first kappa shape index (κ1) is 15.7. The van der Waals surface area contributed by atoms with Gasteiger partial charge in [-0.3, -0.25) is 9.36 Å². The maximum atomic E-state index is 11.9. The number of nitrogens with zero attached hydrogens (tertiary/aromatic N) is 3. The first-order valence-corrected chi connectivity index (χ1v) is 9.29. The van der Waals surface area contributed by atoms with E-state index in [0.29, 0.717) is 29.9 Å². The van der Waals surface area contributed by atoms with Crippen molar-refractivity contribution in [1.29, 1.82) is 0 Å². The summed E-state index contributed by atoms with van der Waals surface area (Å²) in [5, 5.41) is 12.2. The van der Waals surface area contributed by atoms with Gasteiger partial charge in [0, 0.05) is 12.6 Å². The molecule has 2 aromatic heterocycles. The van der Waals surface area contributed by atoms with E-state index in [9.17, 15) is 4.79 Å². The molecule has 128 valence electrons. The molecule has 0 bridgehead atoms. The lowest BCUT2D eigenvalue weighted by molar-refractivity contribution is -0.118.